The quantitative estimate of drug-likeness (QED) is 0.673. The molecule has 0 aliphatic carbocycles. The summed E-state index contributed by atoms with van der Waals surface area (Å²) in [6.07, 6.45) is 0. The molecule has 1 rings (SSSR count). The SMILES string of the molecule is CN=C(c1cccc(C(C)C)c1C)C(C)C. The van der Waals surface area contributed by atoms with Crippen molar-refractivity contribution in [1.82, 2.24) is 0 Å². The average Bonchev–Trinajstić information content (AvgIpc) is 2.20. The van der Waals surface area contributed by atoms with Crippen LogP contribution in [0.5, 0.6) is 0 Å². The Morgan fingerprint density at radius 3 is 2.19 bits per heavy atom. The predicted molar refractivity (Wildman–Crippen MR) is 72.6 cm³/mol. The minimum Gasteiger partial charge on any atom is -0.292 e. The summed E-state index contributed by atoms with van der Waals surface area (Å²) in [5.41, 5.74) is 5.33. The predicted octanol–water partition coefficient (Wildman–Crippen LogP) is 4.19. The molecule has 0 unspecified atom stereocenters. The van der Waals surface area contributed by atoms with Crippen LogP contribution in [0, 0.1) is 12.8 Å². The third kappa shape index (κ3) is 2.52. The van der Waals surface area contributed by atoms with Crippen LogP contribution in [0.4, 0.5) is 0 Å². The van der Waals surface area contributed by atoms with Gasteiger partial charge in [0.1, 0.15) is 0 Å². The van der Waals surface area contributed by atoms with Crippen LogP contribution >= 0.6 is 0 Å². The standard InChI is InChI=1S/C15H23N/c1-10(2)13-8-7-9-14(12(13)5)15(16-6)11(3)4/h7-11H,1-6H3. The number of hydrogen-bond acceptors (Lipinski definition) is 1. The molecule has 88 valence electrons. The highest BCUT2D eigenvalue weighted by molar-refractivity contribution is 6.03. The fourth-order valence-corrected chi connectivity index (χ4v) is 2.25. The van der Waals surface area contributed by atoms with Crippen molar-refractivity contribution in [2.24, 2.45) is 10.9 Å². The van der Waals surface area contributed by atoms with Gasteiger partial charge in [-0.25, -0.2) is 0 Å². The second kappa shape index (κ2) is 5.29. The van der Waals surface area contributed by atoms with Crippen molar-refractivity contribution >= 4 is 5.71 Å². The van der Waals surface area contributed by atoms with Gasteiger partial charge in [0.25, 0.3) is 0 Å². The fraction of sp³-hybridized carbons (Fsp3) is 0.533. The lowest BCUT2D eigenvalue weighted by molar-refractivity contribution is 0.850. The van der Waals surface area contributed by atoms with Crippen molar-refractivity contribution in [1.29, 1.82) is 0 Å². The Morgan fingerprint density at radius 2 is 1.75 bits per heavy atom. The van der Waals surface area contributed by atoms with Crippen LogP contribution < -0.4 is 0 Å². The maximum Gasteiger partial charge on any atom is 0.0445 e. The molecule has 1 heteroatoms. The van der Waals surface area contributed by atoms with Gasteiger partial charge in [0.05, 0.1) is 0 Å². The maximum absolute atomic E-state index is 4.44. The summed E-state index contributed by atoms with van der Waals surface area (Å²) in [7, 11) is 1.89. The van der Waals surface area contributed by atoms with Gasteiger partial charge in [-0.1, -0.05) is 45.9 Å². The zero-order valence-electron chi connectivity index (χ0n) is 11.3. The normalized spacial score (nSPS) is 12.6. The highest BCUT2D eigenvalue weighted by atomic mass is 14.7. The average molecular weight is 217 g/mol. The minimum atomic E-state index is 0.478. The molecule has 0 aliphatic heterocycles. The van der Waals surface area contributed by atoms with Gasteiger partial charge in [-0.2, -0.15) is 0 Å². The lowest BCUT2D eigenvalue weighted by atomic mass is 9.89. The van der Waals surface area contributed by atoms with Crippen molar-refractivity contribution in [2.75, 3.05) is 7.05 Å². The molecule has 1 nitrogen and oxygen atoms in total. The maximum atomic E-state index is 4.44. The molecular weight excluding hydrogens is 194 g/mol. The van der Waals surface area contributed by atoms with Crippen LogP contribution in [-0.4, -0.2) is 12.8 Å². The molecule has 16 heavy (non-hydrogen) atoms. The molecule has 0 bridgehead atoms. The monoisotopic (exact) mass is 217 g/mol. The first-order chi connectivity index (χ1) is 7.49. The minimum absolute atomic E-state index is 0.478. The van der Waals surface area contributed by atoms with Crippen molar-refractivity contribution in [3.63, 3.8) is 0 Å². The zero-order chi connectivity index (χ0) is 12.3. The summed E-state index contributed by atoms with van der Waals surface area (Å²) < 4.78 is 0. The van der Waals surface area contributed by atoms with E-state index in [4.69, 9.17) is 0 Å². The van der Waals surface area contributed by atoms with Crippen molar-refractivity contribution in [3.8, 4) is 0 Å². The summed E-state index contributed by atoms with van der Waals surface area (Å²) in [4.78, 5) is 4.44. The van der Waals surface area contributed by atoms with Gasteiger partial charge in [-0.05, 0) is 35.4 Å². The summed E-state index contributed by atoms with van der Waals surface area (Å²) in [6.45, 7) is 11.1. The first kappa shape index (κ1) is 13.0. The molecule has 0 atom stereocenters. The van der Waals surface area contributed by atoms with Crippen LogP contribution in [0.2, 0.25) is 0 Å². The van der Waals surface area contributed by atoms with Gasteiger partial charge in [0.2, 0.25) is 0 Å². The molecule has 0 aromatic heterocycles. The number of benzene rings is 1. The van der Waals surface area contributed by atoms with E-state index in [9.17, 15) is 0 Å². The Labute approximate surface area is 99.6 Å². The van der Waals surface area contributed by atoms with Gasteiger partial charge >= 0.3 is 0 Å². The van der Waals surface area contributed by atoms with E-state index in [1.165, 1.54) is 22.4 Å². The van der Waals surface area contributed by atoms with E-state index in [0.717, 1.165) is 0 Å². The van der Waals surface area contributed by atoms with Crippen LogP contribution in [0.15, 0.2) is 23.2 Å². The lowest BCUT2D eigenvalue weighted by Crippen LogP contribution is -2.12. The van der Waals surface area contributed by atoms with Crippen LogP contribution in [-0.2, 0) is 0 Å². The fourth-order valence-electron chi connectivity index (χ4n) is 2.25. The summed E-state index contributed by atoms with van der Waals surface area (Å²) in [6, 6.07) is 6.55. The number of hydrogen-bond donors (Lipinski definition) is 0. The molecule has 0 spiro atoms. The Morgan fingerprint density at radius 1 is 1.12 bits per heavy atom. The first-order valence-corrected chi connectivity index (χ1v) is 6.05. The van der Waals surface area contributed by atoms with E-state index >= 15 is 0 Å². The molecule has 0 saturated heterocycles. The van der Waals surface area contributed by atoms with Crippen LogP contribution in [0.1, 0.15) is 50.3 Å². The van der Waals surface area contributed by atoms with Crippen molar-refractivity contribution in [2.45, 2.75) is 40.5 Å². The number of aliphatic imine (C=N–C) groups is 1. The second-order valence-corrected chi connectivity index (χ2v) is 4.94. The number of rotatable bonds is 3. The Kier molecular flexibility index (Phi) is 4.28. The van der Waals surface area contributed by atoms with Crippen molar-refractivity contribution < 1.29 is 0 Å². The van der Waals surface area contributed by atoms with Gasteiger partial charge in [-0.15, -0.1) is 0 Å². The molecule has 0 fully saturated rings. The highest BCUT2D eigenvalue weighted by Crippen LogP contribution is 2.23. The molecule has 0 heterocycles. The molecule has 0 aliphatic rings. The van der Waals surface area contributed by atoms with Gasteiger partial charge in [-0.3, -0.25) is 4.99 Å². The third-order valence-electron chi connectivity index (χ3n) is 3.06. The first-order valence-electron chi connectivity index (χ1n) is 6.05. The van der Waals surface area contributed by atoms with Crippen LogP contribution in [0.3, 0.4) is 0 Å². The Bertz CT molecular complexity index is 386. The zero-order valence-corrected chi connectivity index (χ0v) is 11.3. The Hall–Kier alpha value is -1.11. The molecule has 0 saturated carbocycles. The molecule has 1 aromatic rings. The van der Waals surface area contributed by atoms with E-state index in [2.05, 4.69) is 57.8 Å². The van der Waals surface area contributed by atoms with E-state index in [0.29, 0.717) is 11.8 Å². The second-order valence-electron chi connectivity index (χ2n) is 4.94. The number of nitrogens with zero attached hydrogens (tertiary/aromatic N) is 1. The van der Waals surface area contributed by atoms with Gasteiger partial charge in [0.15, 0.2) is 0 Å². The van der Waals surface area contributed by atoms with Crippen LogP contribution in [0.25, 0.3) is 0 Å². The van der Waals surface area contributed by atoms with Crippen molar-refractivity contribution in [3.05, 3.63) is 34.9 Å². The molecule has 1 aromatic carbocycles. The van der Waals surface area contributed by atoms with E-state index in [1.807, 2.05) is 7.05 Å². The smallest absolute Gasteiger partial charge is 0.0445 e. The molecular formula is C15H23N. The lowest BCUT2D eigenvalue weighted by Gasteiger charge is -2.17. The topological polar surface area (TPSA) is 12.4 Å². The largest absolute Gasteiger partial charge is 0.292 e. The highest BCUT2D eigenvalue weighted by Gasteiger charge is 2.13. The van der Waals surface area contributed by atoms with Gasteiger partial charge < -0.3 is 0 Å². The molecule has 0 radical (unpaired) electrons. The summed E-state index contributed by atoms with van der Waals surface area (Å²) >= 11 is 0. The molecule has 0 N–H and O–H groups in total. The van der Waals surface area contributed by atoms with Gasteiger partial charge in [0, 0.05) is 12.8 Å². The van der Waals surface area contributed by atoms with E-state index in [1.54, 1.807) is 0 Å². The summed E-state index contributed by atoms with van der Waals surface area (Å²) in [5, 5.41) is 0. The molecule has 0 amide bonds. The summed E-state index contributed by atoms with van der Waals surface area (Å²) in [5.74, 6) is 1.05. The third-order valence-corrected chi connectivity index (χ3v) is 3.06. The Balaban J connectivity index is 3.30. The van der Waals surface area contributed by atoms with E-state index < -0.39 is 0 Å². The van der Waals surface area contributed by atoms with E-state index in [-0.39, 0.29) is 0 Å².